The largest absolute Gasteiger partial charge is 0.497 e. The van der Waals surface area contributed by atoms with E-state index in [-0.39, 0.29) is 61.8 Å². The summed E-state index contributed by atoms with van der Waals surface area (Å²) in [4.78, 5) is 16.5. The van der Waals surface area contributed by atoms with E-state index in [1.165, 1.54) is 24.3 Å². The van der Waals surface area contributed by atoms with Crippen molar-refractivity contribution >= 4 is 11.6 Å². The van der Waals surface area contributed by atoms with Gasteiger partial charge in [0.15, 0.2) is 0 Å². The number of aliphatic hydroxyl groups is 8. The SMILES string of the molecule is C=C(CC)C1C(CCC(O)c2ccc(F)cc2)C(=O)N1c1ccc(F)cc1.C=CC(=C)OC.CC.CCN(C)CC(C)O.CCO.CO.OCC(O)CC(O)CO. The fourth-order valence-electron chi connectivity index (χ4n) is 4.71. The second-order valence-corrected chi connectivity index (χ2v) is 12.2. The van der Waals surface area contributed by atoms with Crippen LogP contribution in [0.15, 0.2) is 85.7 Å². The number of anilines is 1. The summed E-state index contributed by atoms with van der Waals surface area (Å²) in [5, 5.41) is 67.5. The average molecular weight is 817 g/mol. The maximum atomic E-state index is 13.2. The molecule has 1 fully saturated rings. The van der Waals surface area contributed by atoms with Gasteiger partial charge >= 0.3 is 0 Å². The van der Waals surface area contributed by atoms with Gasteiger partial charge in [0.05, 0.1) is 56.7 Å². The van der Waals surface area contributed by atoms with Crippen LogP contribution in [0.1, 0.15) is 78.9 Å². The van der Waals surface area contributed by atoms with Gasteiger partial charge in [-0.25, -0.2) is 8.78 Å². The molecule has 14 heteroatoms. The van der Waals surface area contributed by atoms with E-state index >= 15 is 0 Å². The van der Waals surface area contributed by atoms with Crippen LogP contribution in [0.4, 0.5) is 14.5 Å². The van der Waals surface area contributed by atoms with E-state index < -0.39 is 18.3 Å². The van der Waals surface area contributed by atoms with Gasteiger partial charge in [-0.1, -0.05) is 65.1 Å². The minimum absolute atomic E-state index is 0.0208. The van der Waals surface area contributed by atoms with E-state index in [1.54, 1.807) is 56.2 Å². The number of β-lactam (4-membered cyclic amide) rings is 1. The van der Waals surface area contributed by atoms with Crippen LogP contribution in [0.5, 0.6) is 0 Å². The van der Waals surface area contributed by atoms with Crippen LogP contribution in [-0.4, -0.2) is 130 Å². The molecule has 2 aromatic rings. The number of aliphatic hydroxyl groups excluding tert-OH is 8. The fraction of sp³-hybridized carbons (Fsp3) is 0.558. The van der Waals surface area contributed by atoms with Crippen molar-refractivity contribution in [2.45, 2.75) is 97.7 Å². The number of likely N-dealkylation sites (N-methyl/N-ethyl adjacent to an activating group) is 1. The van der Waals surface area contributed by atoms with E-state index in [0.717, 1.165) is 32.2 Å². The molecular weight excluding hydrogens is 742 g/mol. The number of nitrogens with zero attached hydrogens (tertiary/aromatic N) is 2. The Bertz CT molecular complexity index is 1280. The van der Waals surface area contributed by atoms with Crippen molar-refractivity contribution in [1.82, 2.24) is 4.90 Å². The topological polar surface area (TPSA) is 195 Å². The van der Waals surface area contributed by atoms with Crippen molar-refractivity contribution in [3.63, 3.8) is 0 Å². The number of carbonyl (C=O) groups is 1. The van der Waals surface area contributed by atoms with Gasteiger partial charge in [-0.05, 0) is 94.7 Å². The normalized spacial score (nSPS) is 15.6. The van der Waals surface area contributed by atoms with Crippen LogP contribution in [-0.2, 0) is 9.53 Å². The van der Waals surface area contributed by atoms with Crippen molar-refractivity contribution in [1.29, 1.82) is 0 Å². The lowest BCUT2D eigenvalue weighted by Crippen LogP contribution is -2.62. The lowest BCUT2D eigenvalue weighted by Gasteiger charge is -2.48. The molecule has 1 aliphatic rings. The quantitative estimate of drug-likeness (QED) is 0.0484. The number of methoxy groups -OCH3 is 1. The summed E-state index contributed by atoms with van der Waals surface area (Å²) in [5.41, 5.74) is 2.21. The number of carbonyl (C=O) groups excluding carboxylic acids is 1. The van der Waals surface area contributed by atoms with Gasteiger partial charge in [0, 0.05) is 32.4 Å². The molecule has 0 aromatic heterocycles. The Morgan fingerprint density at radius 3 is 1.65 bits per heavy atom. The first-order valence-corrected chi connectivity index (χ1v) is 19.1. The Labute approximate surface area is 340 Å². The number of halogens is 2. The molecule has 0 saturated carbocycles. The third-order valence-electron chi connectivity index (χ3n) is 7.77. The molecule has 0 radical (unpaired) electrons. The highest BCUT2D eigenvalue weighted by Crippen LogP contribution is 2.40. The van der Waals surface area contributed by atoms with Crippen LogP contribution in [0.25, 0.3) is 0 Å². The molecule has 57 heavy (non-hydrogen) atoms. The molecule has 0 spiro atoms. The lowest BCUT2D eigenvalue weighted by molar-refractivity contribution is -0.129. The zero-order chi connectivity index (χ0) is 45.1. The Kier molecular flexibility index (Phi) is 40.0. The van der Waals surface area contributed by atoms with E-state index in [0.29, 0.717) is 29.9 Å². The van der Waals surface area contributed by atoms with Crippen LogP contribution < -0.4 is 4.90 Å². The third kappa shape index (κ3) is 27.7. The van der Waals surface area contributed by atoms with Crippen molar-refractivity contribution in [2.24, 2.45) is 5.92 Å². The predicted octanol–water partition coefficient (Wildman–Crippen LogP) is 5.14. The second kappa shape index (κ2) is 38.0. The van der Waals surface area contributed by atoms with Gasteiger partial charge in [0.1, 0.15) is 17.4 Å². The number of allylic oxidation sites excluding steroid dienone is 1. The molecular formula is C43H74F2N2O10. The number of hydrogen-bond acceptors (Lipinski definition) is 11. The van der Waals surface area contributed by atoms with Gasteiger partial charge in [-0.3, -0.25) is 4.79 Å². The Morgan fingerprint density at radius 2 is 1.33 bits per heavy atom. The standard InChI is InChI=1S/C22H23F2NO2.C6H15NO.C5H12O4.C5H8O.C2H6O.C2H6.CH4O/c1-3-14(2)21-19(12-13-20(26)15-4-6-16(23)7-5-15)22(27)25(21)18-10-8-17(24)9-11-18;1-4-7(3)5-6(2)8;6-2-4(8)1-5(9)3-7;1-4-5(2)6-3;1-2-3;2*1-2/h4-11,19-21,26H,2-3,12-13H2,1H3;6,8H,4-5H2,1-3H3;4-9H,1-3H2;4H,1-2H2,3H3;3H,2H2,1H3;1-2H3;2H,1H3. The maximum Gasteiger partial charge on any atom is 0.233 e. The third-order valence-corrected chi connectivity index (χ3v) is 7.77. The molecule has 6 atom stereocenters. The van der Waals surface area contributed by atoms with E-state index in [9.17, 15) is 18.7 Å². The van der Waals surface area contributed by atoms with Crippen molar-refractivity contribution in [3.05, 3.63) is 103 Å². The molecule has 1 amide bonds. The maximum absolute atomic E-state index is 13.2. The molecule has 1 saturated heterocycles. The summed E-state index contributed by atoms with van der Waals surface area (Å²) < 4.78 is 30.8. The monoisotopic (exact) mass is 817 g/mol. The summed E-state index contributed by atoms with van der Waals surface area (Å²) >= 11 is 0. The molecule has 0 bridgehead atoms. The predicted molar refractivity (Wildman–Crippen MR) is 225 cm³/mol. The number of benzene rings is 2. The molecule has 12 nitrogen and oxygen atoms in total. The van der Waals surface area contributed by atoms with Gasteiger partial charge < -0.3 is 55.4 Å². The summed E-state index contributed by atoms with van der Waals surface area (Å²) in [6, 6.07) is 11.4. The first-order valence-electron chi connectivity index (χ1n) is 19.1. The van der Waals surface area contributed by atoms with Crippen LogP contribution in [0.2, 0.25) is 0 Å². The summed E-state index contributed by atoms with van der Waals surface area (Å²) in [5.74, 6) is -0.411. The van der Waals surface area contributed by atoms with E-state index in [4.69, 9.17) is 35.7 Å². The highest BCUT2D eigenvalue weighted by atomic mass is 19.1. The summed E-state index contributed by atoms with van der Waals surface area (Å²) in [7, 11) is 4.55. The first kappa shape index (κ1) is 60.1. The summed E-state index contributed by atoms with van der Waals surface area (Å²) in [6.45, 7) is 23.8. The summed E-state index contributed by atoms with van der Waals surface area (Å²) in [6.07, 6.45) is 0.402. The van der Waals surface area contributed by atoms with Crippen LogP contribution in [0, 0.1) is 17.6 Å². The Hall–Kier alpha value is -3.57. The highest BCUT2D eigenvalue weighted by Gasteiger charge is 2.48. The zero-order valence-electron chi connectivity index (χ0n) is 35.7. The van der Waals surface area contributed by atoms with Crippen LogP contribution in [0.3, 0.4) is 0 Å². The molecule has 8 N–H and O–H groups in total. The molecule has 1 heterocycles. The zero-order valence-corrected chi connectivity index (χ0v) is 35.7. The minimum Gasteiger partial charge on any atom is -0.497 e. The molecule has 0 aliphatic carbocycles. The van der Waals surface area contributed by atoms with Crippen molar-refractivity contribution in [3.8, 4) is 0 Å². The lowest BCUT2D eigenvalue weighted by atomic mass is 9.77. The van der Waals surface area contributed by atoms with Gasteiger partial charge in [-0.15, -0.1) is 0 Å². The van der Waals surface area contributed by atoms with Gasteiger partial charge in [0.2, 0.25) is 5.91 Å². The Balaban J connectivity index is -0.000000384. The molecule has 330 valence electrons. The molecule has 3 rings (SSSR count). The van der Waals surface area contributed by atoms with Crippen molar-refractivity contribution in [2.75, 3.05) is 59.1 Å². The number of ether oxygens (including phenoxy) is 1. The van der Waals surface area contributed by atoms with Crippen LogP contribution >= 0.6 is 0 Å². The van der Waals surface area contributed by atoms with E-state index in [1.807, 2.05) is 27.8 Å². The number of hydrogen-bond donors (Lipinski definition) is 8. The minimum atomic E-state index is -0.924. The van der Waals surface area contributed by atoms with Crippen molar-refractivity contribution < 1.29 is 59.2 Å². The second-order valence-electron chi connectivity index (χ2n) is 12.2. The first-order chi connectivity index (χ1) is 27.0. The molecule has 2 aromatic carbocycles. The average Bonchev–Trinajstić information content (AvgIpc) is 3.22. The van der Waals surface area contributed by atoms with Gasteiger partial charge in [-0.2, -0.15) is 0 Å². The Morgan fingerprint density at radius 1 is 0.895 bits per heavy atom. The molecule has 6 unspecified atom stereocenters. The van der Waals surface area contributed by atoms with E-state index in [2.05, 4.69) is 36.3 Å². The highest BCUT2D eigenvalue weighted by molar-refractivity contribution is 6.04. The van der Waals surface area contributed by atoms with Gasteiger partial charge in [0.25, 0.3) is 0 Å². The number of rotatable bonds is 16. The molecule has 1 aliphatic heterocycles. The smallest absolute Gasteiger partial charge is 0.233 e. The number of amides is 1. The fourth-order valence-corrected chi connectivity index (χ4v) is 4.71.